The number of rotatable bonds is 6. The molecule has 0 saturated heterocycles. The second kappa shape index (κ2) is 32.5. The smallest absolute Gasteiger partial charge is 0.102 e. The maximum atomic E-state index is 11.5. The van der Waals surface area contributed by atoms with Crippen LogP contribution in [-0.4, -0.2) is 52.3 Å². The van der Waals surface area contributed by atoms with Gasteiger partial charge in [0.1, 0.15) is 11.4 Å². The van der Waals surface area contributed by atoms with Crippen molar-refractivity contribution in [2.75, 3.05) is 0 Å². The zero-order chi connectivity index (χ0) is 44.9. The number of H-pyrrole nitrogens is 2. The van der Waals surface area contributed by atoms with Gasteiger partial charge in [-0.1, -0.05) is 146 Å². The summed E-state index contributed by atoms with van der Waals surface area (Å²) >= 11 is 0. The standard InChI is InChI=1S/2C16H12N2O2.4C5H5N.2O.U/c2*19-16(20)13-14(11-7-3-1-4-8-11)17-18-15(13)12-9-5-2-6-10-12;4*1-2-4-6-5-3-1;;;/h2*1-10H,(H,17,18)(H,19,20);4*1-5H;;;/q;;;;;;2*-2;/p-2. The first-order chi connectivity index (χ1) is 31.5. The van der Waals surface area contributed by atoms with Gasteiger partial charge in [0, 0.05) is 103 Å². The number of pyridine rings is 4. The average molecular weight is 1110 g/mol. The fourth-order valence-corrected chi connectivity index (χ4v) is 5.57. The van der Waals surface area contributed by atoms with E-state index in [1.165, 1.54) is 0 Å². The van der Waals surface area contributed by atoms with E-state index in [1.54, 1.807) is 49.6 Å². The van der Waals surface area contributed by atoms with Gasteiger partial charge in [-0.25, -0.2) is 0 Å². The average Bonchev–Trinajstić information content (AvgIpc) is 4.05. The Balaban J connectivity index is 0.000000301. The van der Waals surface area contributed by atoms with Gasteiger partial charge in [-0.2, -0.15) is 10.2 Å². The van der Waals surface area contributed by atoms with E-state index in [0.29, 0.717) is 22.8 Å². The maximum absolute atomic E-state index is 11.5. The quantitative estimate of drug-likeness (QED) is 0.161. The number of aromatic nitrogens is 8. The molecule has 6 heterocycles. The summed E-state index contributed by atoms with van der Waals surface area (Å²) < 4.78 is 0. The minimum atomic E-state index is -1.24. The third-order valence-corrected chi connectivity index (χ3v) is 8.43. The third-order valence-electron chi connectivity index (χ3n) is 8.43. The van der Waals surface area contributed by atoms with Crippen LogP contribution < -0.4 is 10.2 Å². The number of hydrogen-bond acceptors (Lipinski definition) is 10. The van der Waals surface area contributed by atoms with Crippen molar-refractivity contribution in [1.82, 2.24) is 40.3 Å². The molecule has 0 amide bonds. The minimum absolute atomic E-state index is 0. The molecule has 14 nitrogen and oxygen atoms in total. The topological polar surface area (TPSA) is 246 Å². The summed E-state index contributed by atoms with van der Waals surface area (Å²) in [6.07, 6.45) is 14.0. The number of hydrogen-bond donors (Lipinski definition) is 2. The van der Waals surface area contributed by atoms with E-state index in [9.17, 15) is 19.8 Å². The summed E-state index contributed by atoms with van der Waals surface area (Å²) in [6, 6.07) is 59.7. The van der Waals surface area contributed by atoms with Crippen LogP contribution >= 0.6 is 0 Å². The van der Waals surface area contributed by atoms with Crippen LogP contribution in [0.5, 0.6) is 0 Å². The van der Waals surface area contributed by atoms with Crippen molar-refractivity contribution in [1.29, 1.82) is 0 Å². The molecule has 0 spiro atoms. The summed E-state index contributed by atoms with van der Waals surface area (Å²) in [5.74, 6) is -2.48. The molecule has 0 fully saturated rings. The Kier molecular flexibility index (Phi) is 26.6. The van der Waals surface area contributed by atoms with Crippen LogP contribution in [0.2, 0.25) is 0 Å². The summed E-state index contributed by atoms with van der Waals surface area (Å²) in [6.45, 7) is 0. The summed E-state index contributed by atoms with van der Waals surface area (Å²) in [4.78, 5) is 38.1. The number of aromatic amines is 2. The van der Waals surface area contributed by atoms with Crippen molar-refractivity contribution in [3.05, 3.63) is 255 Å². The monoisotopic (exact) mass is 1110 g/mol. The number of aromatic carboxylic acids is 2. The zero-order valence-corrected chi connectivity index (χ0v) is 39.9. The van der Waals surface area contributed by atoms with Gasteiger partial charge >= 0.3 is 0 Å². The van der Waals surface area contributed by atoms with Gasteiger partial charge in [0.15, 0.2) is 0 Å². The molecule has 0 unspecified atom stereocenters. The largest absolute Gasteiger partial charge is 2.00 e. The fraction of sp³-hybridized carbons (Fsp3) is 0. The Hall–Kier alpha value is -8.19. The summed E-state index contributed by atoms with van der Waals surface area (Å²) in [5.41, 5.74) is 4.89. The predicted octanol–water partition coefficient (Wildman–Crippen LogP) is 8.30. The molecule has 15 heteroatoms. The van der Waals surface area contributed by atoms with Gasteiger partial charge in [0.2, 0.25) is 0 Å². The first-order valence-corrected chi connectivity index (χ1v) is 19.8. The van der Waals surface area contributed by atoms with E-state index >= 15 is 0 Å². The van der Waals surface area contributed by atoms with E-state index in [-0.39, 0.29) is 53.2 Å². The van der Waals surface area contributed by atoms with Crippen LogP contribution in [-0.2, 0) is 11.0 Å². The van der Waals surface area contributed by atoms with E-state index in [2.05, 4.69) is 40.3 Å². The van der Waals surface area contributed by atoms with Gasteiger partial charge in [0.05, 0.1) is 34.5 Å². The summed E-state index contributed by atoms with van der Waals surface area (Å²) in [7, 11) is 0. The molecule has 336 valence electrons. The molecular weight excluding hydrogens is 1070 g/mol. The number of carbonyl (C=O) groups is 2. The Morgan fingerprint density at radius 1 is 0.328 bits per heavy atom. The van der Waals surface area contributed by atoms with Gasteiger partial charge in [-0.15, -0.1) is 0 Å². The van der Waals surface area contributed by atoms with Crippen LogP contribution in [0.15, 0.2) is 244 Å². The van der Waals surface area contributed by atoms with Crippen molar-refractivity contribution >= 4 is 11.9 Å². The van der Waals surface area contributed by atoms with E-state index in [4.69, 9.17) is 0 Å². The van der Waals surface area contributed by atoms with Crippen LogP contribution in [0.1, 0.15) is 20.7 Å². The van der Waals surface area contributed by atoms with Crippen LogP contribution in [0, 0.1) is 31.1 Å². The van der Waals surface area contributed by atoms with Crippen molar-refractivity contribution in [2.24, 2.45) is 0 Å². The first-order valence-electron chi connectivity index (χ1n) is 19.8. The van der Waals surface area contributed by atoms with Gasteiger partial charge in [-0.3, -0.25) is 30.1 Å². The number of carboxylic acids is 2. The normalized spacial score (nSPS) is 9.07. The number of benzene rings is 4. The number of carboxylic acid groups (broad SMARTS) is 2. The van der Waals surface area contributed by atoms with Gasteiger partial charge < -0.3 is 30.8 Å². The zero-order valence-electron chi connectivity index (χ0n) is 35.7. The molecular formula is C52H42N8O6U-6. The predicted molar refractivity (Wildman–Crippen MR) is 246 cm³/mol. The van der Waals surface area contributed by atoms with Gasteiger partial charge in [0.25, 0.3) is 0 Å². The van der Waals surface area contributed by atoms with Crippen molar-refractivity contribution in [3.8, 4) is 45.0 Å². The van der Waals surface area contributed by atoms with Crippen LogP contribution in [0.4, 0.5) is 0 Å². The Morgan fingerprint density at radius 3 is 0.716 bits per heavy atom. The molecule has 0 aliphatic rings. The Bertz CT molecular complexity index is 2290. The molecule has 4 aromatic carbocycles. The Labute approximate surface area is 411 Å². The van der Waals surface area contributed by atoms with E-state index < -0.39 is 11.9 Å². The molecule has 10 aromatic rings. The summed E-state index contributed by atoms with van der Waals surface area (Å²) in [5, 5.41) is 36.8. The second-order valence-electron chi connectivity index (χ2n) is 12.8. The van der Waals surface area contributed by atoms with Crippen LogP contribution in [0.25, 0.3) is 45.0 Å². The second-order valence-corrected chi connectivity index (χ2v) is 12.8. The molecule has 0 atom stereocenters. The van der Waals surface area contributed by atoms with Crippen molar-refractivity contribution in [2.45, 2.75) is 0 Å². The van der Waals surface area contributed by atoms with E-state index in [1.807, 2.05) is 194 Å². The number of carbonyl (C=O) groups excluding carboxylic acids is 2. The molecule has 0 radical (unpaired) electrons. The van der Waals surface area contributed by atoms with Crippen LogP contribution in [0.3, 0.4) is 0 Å². The molecule has 0 saturated carbocycles. The van der Waals surface area contributed by atoms with Crippen molar-refractivity contribution in [3.63, 3.8) is 0 Å². The molecule has 6 aromatic heterocycles. The first kappa shape index (κ1) is 54.9. The molecule has 67 heavy (non-hydrogen) atoms. The van der Waals surface area contributed by atoms with Crippen molar-refractivity contribution < 1.29 is 61.9 Å². The number of nitrogens with one attached hydrogen (secondary N) is 2. The van der Waals surface area contributed by atoms with E-state index in [0.717, 1.165) is 22.3 Å². The molecule has 2 N–H and O–H groups in total. The molecule has 0 bridgehead atoms. The molecule has 10 rings (SSSR count). The molecule has 0 aliphatic carbocycles. The van der Waals surface area contributed by atoms with Gasteiger partial charge in [-0.05, 0) is 48.5 Å². The fourth-order valence-electron chi connectivity index (χ4n) is 5.57. The molecule has 0 aliphatic heterocycles. The maximum Gasteiger partial charge on any atom is 0.102 e. The Morgan fingerprint density at radius 2 is 0.537 bits per heavy atom. The minimum Gasteiger partial charge on any atom is -2.00 e. The number of nitrogens with zero attached hydrogens (tertiary/aromatic N) is 6. The SMILES string of the molecule is O=C([O-])c1c(-c2ccccc2)n[nH]c1-c1ccccc1.O=C([O-])c1c(-c2ccccc2)n[nH]c1-c1ccccc1.[O-2].[O-2].[U].c1ccncc1.c1ccncc1.c1ccncc1.c1ccncc1. The third kappa shape index (κ3) is 18.8.